The summed E-state index contributed by atoms with van der Waals surface area (Å²) in [4.78, 5) is 18.7. The predicted molar refractivity (Wildman–Crippen MR) is 218 cm³/mol. The molecule has 0 radical (unpaired) electrons. The number of benzene rings is 3. The number of hydrogen-bond donors (Lipinski definition) is 0. The largest absolute Gasteiger partial charge is 0.475 e. The lowest BCUT2D eigenvalue weighted by molar-refractivity contribution is -0.250. The van der Waals surface area contributed by atoms with Gasteiger partial charge in [0.2, 0.25) is 5.88 Å². The Kier molecular flexibility index (Phi) is 12.8. The van der Waals surface area contributed by atoms with Crippen molar-refractivity contribution in [2.24, 2.45) is 0 Å². The van der Waals surface area contributed by atoms with Gasteiger partial charge in [0.25, 0.3) is 0 Å². The molecule has 0 spiro atoms. The summed E-state index contributed by atoms with van der Waals surface area (Å²) < 4.78 is 34.9. The molecule has 0 N–H and O–H groups in total. The molecule has 0 unspecified atom stereocenters. The van der Waals surface area contributed by atoms with Crippen molar-refractivity contribution in [3.63, 3.8) is 0 Å². The van der Waals surface area contributed by atoms with E-state index in [0.717, 1.165) is 38.1 Å². The number of hydrogen-bond acceptors (Lipinski definition) is 11. The quantitative estimate of drug-likeness (QED) is 0.0944. The van der Waals surface area contributed by atoms with E-state index in [1.165, 1.54) is 11.8 Å². The number of rotatable bonds is 16. The number of pyridine rings is 3. The maximum Gasteiger partial charge on any atom is 0.213 e. The van der Waals surface area contributed by atoms with Gasteiger partial charge in [0, 0.05) is 23.8 Å². The molecule has 5 heterocycles. The normalized spacial score (nSPS) is 19.4. The van der Waals surface area contributed by atoms with E-state index < -0.39 is 29.9 Å². The summed E-state index contributed by atoms with van der Waals surface area (Å²) >= 11 is 3.05. The summed E-state index contributed by atoms with van der Waals surface area (Å²) in [6.07, 6.45) is 1.23. The van der Waals surface area contributed by atoms with E-state index in [0.29, 0.717) is 31.4 Å². The van der Waals surface area contributed by atoms with Gasteiger partial charge < -0.3 is 23.7 Å². The van der Waals surface area contributed by atoms with E-state index in [2.05, 4.69) is 34.2 Å². The third-order valence-corrected chi connectivity index (χ3v) is 11.2. The average molecular weight is 781 g/mol. The zero-order valence-corrected chi connectivity index (χ0v) is 32.1. The van der Waals surface area contributed by atoms with Crippen molar-refractivity contribution < 1.29 is 23.7 Å². The Morgan fingerprint density at radius 3 is 1.64 bits per heavy atom. The van der Waals surface area contributed by atoms with Crippen molar-refractivity contribution >= 4 is 23.1 Å². The average Bonchev–Trinajstić information content (AvgIpc) is 3.74. The van der Waals surface area contributed by atoms with Crippen molar-refractivity contribution in [2.75, 3.05) is 6.61 Å². The van der Waals surface area contributed by atoms with E-state index in [-0.39, 0.29) is 6.61 Å². The van der Waals surface area contributed by atoms with Crippen LogP contribution in [0.5, 0.6) is 5.88 Å². The molecular formula is C45H40N4O5S2. The Morgan fingerprint density at radius 1 is 0.518 bits per heavy atom. The first-order valence-corrected chi connectivity index (χ1v) is 20.2. The van der Waals surface area contributed by atoms with Crippen LogP contribution in [0.2, 0.25) is 0 Å². The van der Waals surface area contributed by atoms with E-state index in [1.54, 1.807) is 23.7 Å². The van der Waals surface area contributed by atoms with E-state index >= 15 is 0 Å². The fourth-order valence-electron chi connectivity index (χ4n) is 6.34. The molecule has 1 aliphatic heterocycles. The zero-order chi connectivity index (χ0) is 37.8. The molecule has 3 aromatic carbocycles. The molecule has 0 amide bonds. The molecule has 4 aromatic heterocycles. The highest BCUT2D eigenvalue weighted by Crippen LogP contribution is 2.40. The topological polar surface area (TPSA) is 97.7 Å². The Labute approximate surface area is 334 Å². The molecule has 1 saturated heterocycles. The fourth-order valence-corrected chi connectivity index (χ4v) is 8.44. The van der Waals surface area contributed by atoms with E-state index in [1.807, 2.05) is 127 Å². The molecule has 8 rings (SSSR count). The van der Waals surface area contributed by atoms with Crippen molar-refractivity contribution in [3.8, 4) is 28.7 Å². The van der Waals surface area contributed by atoms with Gasteiger partial charge in [-0.15, -0.1) is 11.3 Å². The van der Waals surface area contributed by atoms with Crippen molar-refractivity contribution in [1.82, 2.24) is 19.9 Å². The standard InChI is InChI=1S/C45H40N4O5S2/c1-4-15-32(16-5-1)27-51-41-39(30-50-40-24-14-23-37(48-40)35-21-10-12-25-46-35)54-44(56-45-49-38(31-55-45)36-22-11-13-26-47-36)43(53-29-34-19-8-3-9-20-34)42(41)52-28-33-17-6-2-7-18-33/h1-26,31,39,41-44H,27-30H2/t39-,41-,42+,43-,44+/m1/s1. The summed E-state index contributed by atoms with van der Waals surface area (Å²) in [5.41, 5.74) is 5.64. The minimum atomic E-state index is -0.587. The maximum absolute atomic E-state index is 7.05. The van der Waals surface area contributed by atoms with Gasteiger partial charge >= 0.3 is 0 Å². The van der Waals surface area contributed by atoms with Crippen LogP contribution in [0.3, 0.4) is 0 Å². The number of thioether (sulfide) groups is 1. The van der Waals surface area contributed by atoms with Crippen LogP contribution < -0.4 is 4.74 Å². The SMILES string of the molecule is c1ccc(CO[C@@H]2[C@@H](OCc3ccccc3)[C@H](Sc3nc(-c4ccccn4)cs3)O[C@H](COc3cccc(-c4ccccn4)n3)[C@H]2OCc2ccccc2)cc1. The van der Waals surface area contributed by atoms with Crippen LogP contribution in [-0.4, -0.2) is 56.4 Å². The smallest absolute Gasteiger partial charge is 0.213 e. The molecule has 0 bridgehead atoms. The van der Waals surface area contributed by atoms with Gasteiger partial charge in [-0.2, -0.15) is 0 Å². The second-order valence-corrected chi connectivity index (χ2v) is 15.2. The molecular weight excluding hydrogens is 741 g/mol. The van der Waals surface area contributed by atoms with Gasteiger partial charge in [-0.25, -0.2) is 9.97 Å². The summed E-state index contributed by atoms with van der Waals surface area (Å²) in [5, 5.41) is 2.02. The van der Waals surface area contributed by atoms with Gasteiger partial charge in [-0.1, -0.05) is 121 Å². The lowest BCUT2D eigenvalue weighted by Gasteiger charge is -2.45. The molecule has 7 aromatic rings. The number of thiazole rings is 1. The lowest BCUT2D eigenvalue weighted by atomic mass is 9.99. The Morgan fingerprint density at radius 2 is 1.05 bits per heavy atom. The molecule has 282 valence electrons. The minimum Gasteiger partial charge on any atom is -0.475 e. The highest BCUT2D eigenvalue weighted by atomic mass is 32.2. The van der Waals surface area contributed by atoms with E-state index in [4.69, 9.17) is 33.7 Å². The fraction of sp³-hybridized carbons (Fsp3) is 0.200. The van der Waals surface area contributed by atoms with Crippen LogP contribution in [0.1, 0.15) is 16.7 Å². The van der Waals surface area contributed by atoms with Gasteiger partial charge in [-0.05, 0) is 47.0 Å². The summed E-state index contributed by atoms with van der Waals surface area (Å²) in [6.45, 7) is 1.18. The first-order valence-electron chi connectivity index (χ1n) is 18.4. The van der Waals surface area contributed by atoms with Crippen LogP contribution in [0, 0.1) is 0 Å². The van der Waals surface area contributed by atoms with Gasteiger partial charge in [0.1, 0.15) is 42.2 Å². The highest BCUT2D eigenvalue weighted by Gasteiger charge is 2.49. The maximum atomic E-state index is 7.05. The molecule has 1 aliphatic rings. The van der Waals surface area contributed by atoms with Crippen LogP contribution >= 0.6 is 23.1 Å². The first kappa shape index (κ1) is 37.6. The second-order valence-electron chi connectivity index (χ2n) is 13.0. The number of aromatic nitrogens is 4. The van der Waals surface area contributed by atoms with Crippen LogP contribution in [0.25, 0.3) is 22.8 Å². The predicted octanol–water partition coefficient (Wildman–Crippen LogP) is 9.31. The van der Waals surface area contributed by atoms with Crippen molar-refractivity contribution in [1.29, 1.82) is 0 Å². The van der Waals surface area contributed by atoms with Crippen molar-refractivity contribution in [2.45, 2.75) is 54.0 Å². The number of ether oxygens (including phenoxy) is 5. The van der Waals surface area contributed by atoms with Gasteiger partial charge in [-0.3, -0.25) is 9.97 Å². The molecule has 11 heteroatoms. The van der Waals surface area contributed by atoms with E-state index in [9.17, 15) is 0 Å². The molecule has 0 saturated carbocycles. The van der Waals surface area contributed by atoms with Gasteiger partial charge in [0.05, 0.1) is 36.9 Å². The molecule has 56 heavy (non-hydrogen) atoms. The zero-order valence-electron chi connectivity index (χ0n) is 30.5. The number of nitrogens with zero attached hydrogens (tertiary/aromatic N) is 4. The Bertz CT molecular complexity index is 2220. The Hall–Kier alpha value is -5.27. The summed E-state index contributed by atoms with van der Waals surface area (Å²) in [7, 11) is 0. The Balaban J connectivity index is 1.13. The highest BCUT2D eigenvalue weighted by molar-refractivity contribution is 8.01. The van der Waals surface area contributed by atoms with Crippen LogP contribution in [-0.2, 0) is 38.8 Å². The lowest BCUT2D eigenvalue weighted by Crippen LogP contribution is -2.60. The van der Waals surface area contributed by atoms with Crippen LogP contribution in [0.4, 0.5) is 0 Å². The molecule has 1 fully saturated rings. The second kappa shape index (κ2) is 19.1. The monoisotopic (exact) mass is 780 g/mol. The third-order valence-electron chi connectivity index (χ3n) is 9.12. The molecule has 9 nitrogen and oxygen atoms in total. The van der Waals surface area contributed by atoms with Crippen molar-refractivity contribution in [3.05, 3.63) is 180 Å². The van der Waals surface area contributed by atoms with Gasteiger partial charge in [0.15, 0.2) is 4.34 Å². The minimum absolute atomic E-state index is 0.142. The summed E-state index contributed by atoms with van der Waals surface area (Å²) in [6, 6.07) is 47.6. The third kappa shape index (κ3) is 9.93. The molecule has 5 atom stereocenters. The molecule has 0 aliphatic carbocycles. The summed E-state index contributed by atoms with van der Waals surface area (Å²) in [5.74, 6) is 0.451. The van der Waals surface area contributed by atoms with Crippen LogP contribution in [0.15, 0.2) is 168 Å². The first-order chi connectivity index (χ1) is 27.7.